The van der Waals surface area contributed by atoms with E-state index in [1.165, 1.54) is 0 Å². The van der Waals surface area contributed by atoms with Gasteiger partial charge in [-0.15, -0.1) is 0 Å². The zero-order chi connectivity index (χ0) is 15.8. The Balaban J connectivity index is 1.72. The Kier molecular flexibility index (Phi) is 3.75. The summed E-state index contributed by atoms with van der Waals surface area (Å²) in [4.78, 5) is 21.9. The predicted octanol–water partition coefficient (Wildman–Crippen LogP) is 1.64. The lowest BCUT2D eigenvalue weighted by molar-refractivity contribution is 0.0481. The van der Waals surface area contributed by atoms with E-state index in [1.54, 1.807) is 6.20 Å². The summed E-state index contributed by atoms with van der Waals surface area (Å²) in [7, 11) is 2.12. The highest BCUT2D eigenvalue weighted by Gasteiger charge is 2.35. The van der Waals surface area contributed by atoms with Crippen LogP contribution in [0.2, 0.25) is 0 Å². The Hall–Kier alpha value is -1.98. The minimum Gasteiger partial charge on any atom is -0.379 e. The monoisotopic (exact) mass is 311 g/mol. The number of fused-ring (bicyclic) bond motifs is 4. The van der Waals surface area contributed by atoms with Gasteiger partial charge < -0.3 is 14.5 Å². The molecule has 2 bridgehead atoms. The third kappa shape index (κ3) is 2.71. The summed E-state index contributed by atoms with van der Waals surface area (Å²) in [6.45, 7) is 3.92. The molecule has 2 atom stereocenters. The lowest BCUT2D eigenvalue weighted by Gasteiger charge is -2.29. The van der Waals surface area contributed by atoms with E-state index in [0.717, 1.165) is 37.0 Å². The third-order valence-electron chi connectivity index (χ3n) is 4.79. The molecule has 0 spiro atoms. The molecule has 0 unspecified atom stereocenters. The average Bonchev–Trinajstić information content (AvgIpc) is 2.84. The fourth-order valence-electron chi connectivity index (χ4n) is 3.75. The Morgan fingerprint density at radius 1 is 1.17 bits per heavy atom. The van der Waals surface area contributed by atoms with E-state index in [0.29, 0.717) is 18.2 Å². The Morgan fingerprint density at radius 2 is 2.04 bits per heavy atom. The number of carbonyl (C=O) groups is 1. The van der Waals surface area contributed by atoms with Crippen molar-refractivity contribution in [2.75, 3.05) is 39.9 Å². The Labute approximate surface area is 135 Å². The number of aromatic nitrogens is 1. The topological polar surface area (TPSA) is 45.7 Å². The quantitative estimate of drug-likeness (QED) is 0.803. The van der Waals surface area contributed by atoms with Crippen LogP contribution in [0.5, 0.6) is 0 Å². The first-order valence-electron chi connectivity index (χ1n) is 8.13. The number of pyridine rings is 1. The molecule has 2 aromatic rings. The van der Waals surface area contributed by atoms with Crippen LogP contribution in [0.15, 0.2) is 36.5 Å². The maximum Gasteiger partial charge on any atom is 0.273 e. The van der Waals surface area contributed by atoms with Crippen molar-refractivity contribution in [2.24, 2.45) is 5.92 Å². The van der Waals surface area contributed by atoms with Gasteiger partial charge in [-0.2, -0.15) is 0 Å². The molecular formula is C18H21N3O2. The van der Waals surface area contributed by atoms with Crippen molar-refractivity contribution in [1.82, 2.24) is 14.8 Å². The summed E-state index contributed by atoms with van der Waals surface area (Å²) < 4.78 is 5.77. The molecule has 1 amide bonds. The highest BCUT2D eigenvalue weighted by Crippen LogP contribution is 2.23. The third-order valence-corrected chi connectivity index (χ3v) is 4.79. The molecule has 1 aromatic heterocycles. The summed E-state index contributed by atoms with van der Waals surface area (Å²) in [5.41, 5.74) is 0.554. The molecule has 1 aromatic carbocycles. The fourth-order valence-corrected chi connectivity index (χ4v) is 3.75. The summed E-state index contributed by atoms with van der Waals surface area (Å²) in [5.74, 6) is 0.393. The van der Waals surface area contributed by atoms with Gasteiger partial charge in [0.2, 0.25) is 0 Å². The molecule has 3 heterocycles. The molecule has 2 fully saturated rings. The van der Waals surface area contributed by atoms with Gasteiger partial charge in [0.15, 0.2) is 0 Å². The number of carbonyl (C=O) groups excluding carboxylic acids is 1. The summed E-state index contributed by atoms with van der Waals surface area (Å²) in [6, 6.07) is 9.98. The normalized spacial score (nSPS) is 25.3. The average molecular weight is 311 g/mol. The second-order valence-electron chi connectivity index (χ2n) is 6.62. The van der Waals surface area contributed by atoms with Gasteiger partial charge in [0.05, 0.1) is 19.3 Å². The van der Waals surface area contributed by atoms with E-state index in [2.05, 4.69) is 16.9 Å². The molecule has 5 heteroatoms. The highest BCUT2D eigenvalue weighted by molar-refractivity contribution is 6.05. The summed E-state index contributed by atoms with van der Waals surface area (Å²) in [5, 5.41) is 1.98. The lowest BCUT2D eigenvalue weighted by Crippen LogP contribution is -2.46. The first kappa shape index (κ1) is 14.6. The number of nitrogens with zero attached hydrogens (tertiary/aromatic N) is 3. The number of ether oxygens (including phenoxy) is 1. The molecule has 0 saturated carbocycles. The second kappa shape index (κ2) is 5.91. The molecule has 0 aliphatic carbocycles. The van der Waals surface area contributed by atoms with Crippen LogP contribution < -0.4 is 0 Å². The van der Waals surface area contributed by atoms with Gasteiger partial charge in [-0.3, -0.25) is 9.78 Å². The highest BCUT2D eigenvalue weighted by atomic mass is 16.5. The van der Waals surface area contributed by atoms with Gasteiger partial charge in [-0.1, -0.05) is 24.3 Å². The van der Waals surface area contributed by atoms with Crippen molar-refractivity contribution in [3.8, 4) is 0 Å². The lowest BCUT2D eigenvalue weighted by atomic mass is 10.1. The van der Waals surface area contributed by atoms with Crippen LogP contribution in [0, 0.1) is 5.92 Å². The van der Waals surface area contributed by atoms with Gasteiger partial charge in [-0.25, -0.2) is 0 Å². The van der Waals surface area contributed by atoms with Crippen molar-refractivity contribution in [1.29, 1.82) is 0 Å². The van der Waals surface area contributed by atoms with E-state index in [-0.39, 0.29) is 11.9 Å². The Bertz CT molecular complexity index is 728. The van der Waals surface area contributed by atoms with Gasteiger partial charge in [0, 0.05) is 37.1 Å². The van der Waals surface area contributed by atoms with E-state index >= 15 is 0 Å². The minimum atomic E-state index is 0.0256. The van der Waals surface area contributed by atoms with E-state index in [4.69, 9.17) is 4.74 Å². The van der Waals surface area contributed by atoms with Crippen LogP contribution >= 0.6 is 0 Å². The minimum absolute atomic E-state index is 0.0256. The first-order chi connectivity index (χ1) is 11.2. The van der Waals surface area contributed by atoms with Gasteiger partial charge in [0.25, 0.3) is 5.91 Å². The molecule has 2 aliphatic rings. The summed E-state index contributed by atoms with van der Waals surface area (Å²) in [6.07, 6.45) is 1.72. The predicted molar refractivity (Wildman–Crippen MR) is 88.4 cm³/mol. The largest absolute Gasteiger partial charge is 0.379 e. The number of amides is 1. The van der Waals surface area contributed by atoms with Crippen LogP contribution in [0.4, 0.5) is 0 Å². The van der Waals surface area contributed by atoms with Crippen LogP contribution in [-0.2, 0) is 4.74 Å². The molecule has 0 N–H and O–H groups in total. The van der Waals surface area contributed by atoms with Crippen molar-refractivity contribution < 1.29 is 9.53 Å². The number of benzene rings is 1. The standard InChI is InChI=1S/C18H21N3O2/c1-20-8-13-9-21(15(10-20)12-23-11-13)18(22)17-16-5-3-2-4-14(16)6-7-19-17/h2-7,13,15H,8-12H2,1H3/t13-,15-/m0/s1. The molecule has 5 nitrogen and oxygen atoms in total. The van der Waals surface area contributed by atoms with Gasteiger partial charge >= 0.3 is 0 Å². The maximum atomic E-state index is 13.2. The van der Waals surface area contributed by atoms with E-state index in [9.17, 15) is 4.79 Å². The number of hydrogen-bond donors (Lipinski definition) is 0. The first-order valence-corrected chi connectivity index (χ1v) is 8.13. The molecule has 2 aliphatic heterocycles. The number of hydrogen-bond acceptors (Lipinski definition) is 4. The zero-order valence-electron chi connectivity index (χ0n) is 13.3. The number of likely N-dealkylation sites (N-methyl/N-ethyl adjacent to an activating group) is 1. The SMILES string of the molecule is CN1C[C@@H]2COC[C@H](C1)N(C(=O)c1nccc3ccccc13)C2. The van der Waals surface area contributed by atoms with Crippen LogP contribution in [0.25, 0.3) is 10.8 Å². The van der Waals surface area contributed by atoms with Crippen LogP contribution in [0.3, 0.4) is 0 Å². The Morgan fingerprint density at radius 3 is 2.96 bits per heavy atom. The fraction of sp³-hybridized carbons (Fsp3) is 0.444. The van der Waals surface area contributed by atoms with E-state index < -0.39 is 0 Å². The van der Waals surface area contributed by atoms with Crippen molar-refractivity contribution in [2.45, 2.75) is 6.04 Å². The van der Waals surface area contributed by atoms with E-state index in [1.807, 2.05) is 35.2 Å². The second-order valence-corrected chi connectivity index (χ2v) is 6.62. The molecular weight excluding hydrogens is 290 g/mol. The zero-order valence-corrected chi connectivity index (χ0v) is 13.3. The van der Waals surface area contributed by atoms with Crippen molar-refractivity contribution >= 4 is 16.7 Å². The molecule has 4 rings (SSSR count). The van der Waals surface area contributed by atoms with Crippen LogP contribution in [-0.4, -0.2) is 66.6 Å². The maximum absolute atomic E-state index is 13.2. The van der Waals surface area contributed by atoms with Gasteiger partial charge in [0.1, 0.15) is 5.69 Å². The number of rotatable bonds is 1. The molecule has 2 saturated heterocycles. The van der Waals surface area contributed by atoms with Crippen molar-refractivity contribution in [3.63, 3.8) is 0 Å². The molecule has 0 radical (unpaired) electrons. The molecule has 23 heavy (non-hydrogen) atoms. The van der Waals surface area contributed by atoms with Gasteiger partial charge in [-0.05, 0) is 18.5 Å². The molecule has 120 valence electrons. The van der Waals surface area contributed by atoms with Crippen molar-refractivity contribution in [3.05, 3.63) is 42.2 Å². The summed E-state index contributed by atoms with van der Waals surface area (Å²) >= 11 is 0. The van der Waals surface area contributed by atoms with Crippen LogP contribution in [0.1, 0.15) is 10.5 Å². The smallest absolute Gasteiger partial charge is 0.273 e.